The van der Waals surface area contributed by atoms with Gasteiger partial charge >= 0.3 is 6.03 Å². The van der Waals surface area contributed by atoms with Crippen LogP contribution in [0.3, 0.4) is 0 Å². The number of carbonyl (C=O) groups is 1. The quantitative estimate of drug-likeness (QED) is 0.846. The van der Waals surface area contributed by atoms with Crippen LogP contribution in [0, 0.1) is 0 Å². The number of benzene rings is 1. The Balaban J connectivity index is 1.62. The number of urea groups is 1. The molecule has 0 unspecified atom stereocenters. The molecule has 7 heteroatoms. The van der Waals surface area contributed by atoms with Crippen LogP contribution in [0.15, 0.2) is 24.3 Å². The van der Waals surface area contributed by atoms with Gasteiger partial charge in [-0.05, 0) is 54.2 Å². The lowest BCUT2D eigenvalue weighted by atomic mass is 10.0. The second-order valence-electron chi connectivity index (χ2n) is 5.48. The number of rotatable bonds is 3. The molecule has 2 amide bonds. The Bertz CT molecular complexity index is 653. The molecule has 0 aliphatic heterocycles. The van der Waals surface area contributed by atoms with E-state index in [-0.39, 0.29) is 12.1 Å². The molecule has 1 atom stereocenters. The largest absolute Gasteiger partial charge is 0.335 e. The van der Waals surface area contributed by atoms with Crippen molar-refractivity contribution < 1.29 is 4.79 Å². The Hall–Kier alpha value is -2.44. The highest BCUT2D eigenvalue weighted by Crippen LogP contribution is 2.20. The van der Waals surface area contributed by atoms with E-state index in [0.717, 1.165) is 25.7 Å². The fraction of sp³-hybridized carbons (Fsp3) is 0.467. The van der Waals surface area contributed by atoms with E-state index in [2.05, 4.69) is 50.4 Å². The molecule has 0 saturated carbocycles. The third-order valence-electron chi connectivity index (χ3n) is 3.98. The molecule has 22 heavy (non-hydrogen) atoms. The number of carbonyl (C=O) groups excluding carboxylic acids is 1. The molecule has 7 nitrogen and oxygen atoms in total. The minimum Gasteiger partial charge on any atom is -0.335 e. The van der Waals surface area contributed by atoms with Gasteiger partial charge in [-0.1, -0.05) is 29.4 Å². The number of aryl methyl sites for hydroxylation is 2. The van der Waals surface area contributed by atoms with Crippen LogP contribution in [-0.2, 0) is 19.4 Å². The van der Waals surface area contributed by atoms with Crippen molar-refractivity contribution in [1.29, 1.82) is 0 Å². The summed E-state index contributed by atoms with van der Waals surface area (Å²) >= 11 is 0. The molecule has 1 aromatic heterocycles. The van der Waals surface area contributed by atoms with E-state index in [1.54, 1.807) is 4.68 Å². The van der Waals surface area contributed by atoms with Gasteiger partial charge in [0.15, 0.2) is 0 Å². The van der Waals surface area contributed by atoms with Crippen molar-refractivity contribution in [1.82, 2.24) is 25.5 Å². The number of hydrogen-bond acceptors (Lipinski definition) is 4. The molecule has 0 saturated heterocycles. The predicted molar refractivity (Wildman–Crippen MR) is 82.5 cm³/mol. The number of nitrogens with one attached hydrogen (secondary N) is 2. The Morgan fingerprint density at radius 2 is 2.18 bits per heavy atom. The number of hydrogen-bond donors (Lipinski definition) is 2. The van der Waals surface area contributed by atoms with Gasteiger partial charge in [0.05, 0.1) is 0 Å². The van der Waals surface area contributed by atoms with Crippen LogP contribution in [0.2, 0.25) is 0 Å². The molecule has 1 aliphatic rings. The lowest BCUT2D eigenvalue weighted by Crippen LogP contribution is -2.39. The van der Waals surface area contributed by atoms with Crippen LogP contribution in [0.25, 0.3) is 0 Å². The Morgan fingerprint density at radius 3 is 3.00 bits per heavy atom. The summed E-state index contributed by atoms with van der Waals surface area (Å²) in [6.07, 6.45) is 3.99. The van der Waals surface area contributed by atoms with Crippen molar-refractivity contribution in [3.8, 4) is 0 Å². The first-order chi connectivity index (χ1) is 10.8. The van der Waals surface area contributed by atoms with Crippen molar-refractivity contribution in [3.05, 3.63) is 35.4 Å². The molecule has 0 bridgehead atoms. The minimum absolute atomic E-state index is 0.134. The summed E-state index contributed by atoms with van der Waals surface area (Å²) in [5.74, 6) is 0.369. The van der Waals surface area contributed by atoms with Crippen LogP contribution in [0.5, 0.6) is 0 Å². The zero-order valence-electron chi connectivity index (χ0n) is 12.6. The van der Waals surface area contributed by atoms with Crippen LogP contribution < -0.4 is 10.6 Å². The standard InChI is InChI=1S/C15H20N6O/c1-2-21-14(18-19-20-21)17-15(22)16-13-9-5-8-11-6-3-4-7-12(11)10-13/h3-4,6-7,13H,2,5,8-10H2,1H3,(H2,16,17,18,20,22)/t13-/m0/s1. The summed E-state index contributed by atoms with van der Waals surface area (Å²) in [5.41, 5.74) is 2.71. The van der Waals surface area contributed by atoms with Gasteiger partial charge < -0.3 is 5.32 Å². The van der Waals surface area contributed by atoms with Crippen LogP contribution >= 0.6 is 0 Å². The van der Waals surface area contributed by atoms with E-state index in [1.807, 2.05) is 6.92 Å². The van der Waals surface area contributed by atoms with Crippen molar-refractivity contribution in [3.63, 3.8) is 0 Å². The zero-order valence-corrected chi connectivity index (χ0v) is 12.6. The minimum atomic E-state index is -0.256. The third-order valence-corrected chi connectivity index (χ3v) is 3.98. The van der Waals surface area contributed by atoms with Gasteiger partial charge in [0, 0.05) is 12.6 Å². The highest BCUT2D eigenvalue weighted by Gasteiger charge is 2.19. The molecule has 2 aromatic rings. The van der Waals surface area contributed by atoms with E-state index >= 15 is 0 Å². The molecule has 2 N–H and O–H groups in total. The first-order valence-corrected chi connectivity index (χ1v) is 7.66. The van der Waals surface area contributed by atoms with Crippen molar-refractivity contribution >= 4 is 12.0 Å². The molecular formula is C15H20N6O. The zero-order chi connectivity index (χ0) is 15.4. The maximum absolute atomic E-state index is 12.1. The number of tetrazole rings is 1. The molecule has 1 heterocycles. The summed E-state index contributed by atoms with van der Waals surface area (Å²) < 4.78 is 1.54. The second-order valence-corrected chi connectivity index (χ2v) is 5.48. The summed E-state index contributed by atoms with van der Waals surface area (Å²) in [7, 11) is 0. The smallest absolute Gasteiger partial charge is 0.321 e. The first-order valence-electron chi connectivity index (χ1n) is 7.66. The number of aromatic nitrogens is 4. The summed E-state index contributed by atoms with van der Waals surface area (Å²) in [4.78, 5) is 12.1. The molecule has 116 valence electrons. The van der Waals surface area contributed by atoms with E-state index in [9.17, 15) is 4.79 Å². The lowest BCUT2D eigenvalue weighted by molar-refractivity contribution is 0.247. The molecule has 0 radical (unpaired) electrons. The Morgan fingerprint density at radius 1 is 1.36 bits per heavy atom. The Kier molecular flexibility index (Phi) is 4.32. The normalized spacial score (nSPS) is 17.4. The fourth-order valence-corrected chi connectivity index (χ4v) is 2.86. The lowest BCUT2D eigenvalue weighted by Gasteiger charge is -2.17. The monoisotopic (exact) mass is 300 g/mol. The molecular weight excluding hydrogens is 280 g/mol. The predicted octanol–water partition coefficient (Wildman–Crippen LogP) is 1.76. The number of anilines is 1. The molecule has 0 fully saturated rings. The maximum atomic E-state index is 12.1. The van der Waals surface area contributed by atoms with Crippen molar-refractivity contribution in [2.45, 2.75) is 45.2 Å². The highest BCUT2D eigenvalue weighted by atomic mass is 16.2. The number of nitrogens with zero attached hydrogens (tertiary/aromatic N) is 4. The fourth-order valence-electron chi connectivity index (χ4n) is 2.86. The van der Waals surface area contributed by atoms with Gasteiger partial charge in [0.25, 0.3) is 5.95 Å². The van der Waals surface area contributed by atoms with Crippen LogP contribution in [0.1, 0.15) is 30.9 Å². The van der Waals surface area contributed by atoms with Gasteiger partial charge in [-0.2, -0.15) is 0 Å². The van der Waals surface area contributed by atoms with Gasteiger partial charge in [-0.15, -0.1) is 0 Å². The van der Waals surface area contributed by atoms with Crippen molar-refractivity contribution in [2.75, 3.05) is 5.32 Å². The first kappa shape index (κ1) is 14.5. The second kappa shape index (κ2) is 6.55. The van der Waals surface area contributed by atoms with E-state index in [0.29, 0.717) is 12.5 Å². The van der Waals surface area contributed by atoms with E-state index in [4.69, 9.17) is 0 Å². The van der Waals surface area contributed by atoms with Gasteiger partial charge in [0.1, 0.15) is 0 Å². The number of amides is 2. The summed E-state index contributed by atoms with van der Waals surface area (Å²) in [6, 6.07) is 8.32. The topological polar surface area (TPSA) is 84.7 Å². The van der Waals surface area contributed by atoms with Crippen LogP contribution in [0.4, 0.5) is 10.7 Å². The van der Waals surface area contributed by atoms with Crippen LogP contribution in [-0.4, -0.2) is 32.3 Å². The molecule has 0 spiro atoms. The van der Waals surface area contributed by atoms with Gasteiger partial charge in [0.2, 0.25) is 0 Å². The highest BCUT2D eigenvalue weighted by molar-refractivity contribution is 5.87. The maximum Gasteiger partial charge on any atom is 0.321 e. The SMILES string of the molecule is CCn1nnnc1NC(=O)N[C@H]1CCCc2ccccc2C1. The molecule has 3 rings (SSSR count). The average Bonchev–Trinajstić information content (AvgIpc) is 2.85. The van der Waals surface area contributed by atoms with E-state index < -0.39 is 0 Å². The molecule has 1 aliphatic carbocycles. The third kappa shape index (κ3) is 3.24. The summed E-state index contributed by atoms with van der Waals surface area (Å²) in [6.45, 7) is 2.53. The van der Waals surface area contributed by atoms with Crippen molar-refractivity contribution in [2.24, 2.45) is 0 Å². The van der Waals surface area contributed by atoms with E-state index in [1.165, 1.54) is 11.1 Å². The molecule has 1 aromatic carbocycles. The van der Waals surface area contributed by atoms with Gasteiger partial charge in [-0.3, -0.25) is 5.32 Å². The van der Waals surface area contributed by atoms with Gasteiger partial charge in [-0.25, -0.2) is 9.48 Å². The average molecular weight is 300 g/mol. The Labute approximate surface area is 129 Å². The number of fused-ring (bicyclic) bond motifs is 1. The summed E-state index contributed by atoms with van der Waals surface area (Å²) in [5, 5.41) is 16.9.